The minimum atomic E-state index is 0. The van der Waals surface area contributed by atoms with Crippen molar-refractivity contribution in [2.24, 2.45) is 0 Å². The number of carbonyl (C=O) groups excluding carboxylic acids is 1. The summed E-state index contributed by atoms with van der Waals surface area (Å²) in [4.78, 5) is 12.9. The van der Waals surface area contributed by atoms with Crippen LogP contribution in [0.3, 0.4) is 0 Å². The van der Waals surface area contributed by atoms with Gasteiger partial charge in [0.25, 0.3) is 0 Å². The fourth-order valence-corrected chi connectivity index (χ4v) is 2.93. The van der Waals surface area contributed by atoms with Gasteiger partial charge in [0.15, 0.2) is 5.78 Å². The Balaban J connectivity index is 0. The van der Waals surface area contributed by atoms with Crippen molar-refractivity contribution in [2.45, 2.75) is 84.7 Å². The van der Waals surface area contributed by atoms with Gasteiger partial charge in [-0.2, -0.15) is 0 Å². The van der Waals surface area contributed by atoms with E-state index >= 15 is 0 Å². The normalized spacial score (nSPS) is 12.7. The van der Waals surface area contributed by atoms with Gasteiger partial charge in [-0.3, -0.25) is 4.79 Å². The molecule has 0 fully saturated rings. The molecular formula is C20H34LiOP. The number of rotatable bonds is 7. The molecule has 0 aliphatic heterocycles. The van der Waals surface area contributed by atoms with Crippen LogP contribution in [0.2, 0.25) is 0 Å². The Morgan fingerprint density at radius 1 is 0.957 bits per heavy atom. The van der Waals surface area contributed by atoms with E-state index in [2.05, 4.69) is 69.8 Å². The van der Waals surface area contributed by atoms with Crippen molar-refractivity contribution in [1.82, 2.24) is 0 Å². The van der Waals surface area contributed by atoms with Crippen molar-refractivity contribution in [2.75, 3.05) is 0 Å². The molecule has 0 aliphatic rings. The molecule has 0 spiro atoms. The third-order valence-electron chi connectivity index (χ3n) is 4.24. The van der Waals surface area contributed by atoms with Crippen molar-refractivity contribution < 1.29 is 25.1 Å². The molecule has 0 N–H and O–H groups in total. The summed E-state index contributed by atoms with van der Waals surface area (Å²) in [5, 5.41) is 0. The van der Waals surface area contributed by atoms with E-state index in [9.17, 15) is 4.79 Å². The van der Waals surface area contributed by atoms with Crippen molar-refractivity contribution >= 4 is 15.0 Å². The Hall–Kier alpha value is -0.0826. The van der Waals surface area contributed by atoms with E-state index in [1.54, 1.807) is 0 Å². The monoisotopic (exact) mass is 328 g/mol. The van der Waals surface area contributed by atoms with Gasteiger partial charge in [0, 0.05) is 12.0 Å². The van der Waals surface area contributed by atoms with Crippen molar-refractivity contribution in [3.05, 3.63) is 34.4 Å². The van der Waals surface area contributed by atoms with Crippen LogP contribution in [0.1, 0.15) is 108 Å². The van der Waals surface area contributed by atoms with Crippen LogP contribution < -0.4 is 18.9 Å². The van der Waals surface area contributed by atoms with Gasteiger partial charge >= 0.3 is 18.9 Å². The summed E-state index contributed by atoms with van der Waals surface area (Å²) in [6.07, 6.45) is 1.58. The number of hydrogen-bond donors (Lipinski definition) is 0. The maximum Gasteiger partial charge on any atom is 1.00 e. The van der Waals surface area contributed by atoms with Crippen LogP contribution in [0.5, 0.6) is 0 Å². The molecule has 0 saturated carbocycles. The van der Waals surface area contributed by atoms with Crippen molar-refractivity contribution in [3.63, 3.8) is 0 Å². The first-order valence-corrected chi connectivity index (χ1v) is 9.28. The Morgan fingerprint density at radius 2 is 1.39 bits per heavy atom. The minimum absolute atomic E-state index is 0. The fraction of sp³-hybridized carbons (Fsp3) is 0.650. The Labute approximate surface area is 159 Å². The van der Waals surface area contributed by atoms with Gasteiger partial charge in [-0.25, -0.2) is 0 Å². The van der Waals surface area contributed by atoms with E-state index in [0.29, 0.717) is 35.6 Å². The maximum absolute atomic E-state index is 12.9. The number of ketones is 1. The predicted octanol–water partition coefficient (Wildman–Crippen LogP) is 3.40. The predicted molar refractivity (Wildman–Crippen MR) is 103 cm³/mol. The molecule has 0 aliphatic carbocycles. The zero-order valence-electron chi connectivity index (χ0n) is 17.4. The molecule has 0 amide bonds. The molecule has 1 nitrogen and oxygen atoms in total. The van der Waals surface area contributed by atoms with Crippen LogP contribution in [0, 0.1) is 0 Å². The average molecular weight is 328 g/mol. The number of hydrogen-bond acceptors (Lipinski definition) is 1. The van der Waals surface area contributed by atoms with Crippen LogP contribution >= 0.6 is 9.24 Å². The first kappa shape index (κ1) is 22.9. The van der Waals surface area contributed by atoms with Gasteiger partial charge in [-0.1, -0.05) is 60.6 Å². The molecule has 0 heterocycles. The van der Waals surface area contributed by atoms with E-state index in [-0.39, 0.29) is 20.3 Å². The Kier molecular flexibility index (Phi) is 10.00. The van der Waals surface area contributed by atoms with Gasteiger partial charge in [0.05, 0.1) is 0 Å². The molecule has 126 valence electrons. The van der Waals surface area contributed by atoms with Gasteiger partial charge in [-0.15, -0.1) is 9.24 Å². The zero-order valence-corrected chi connectivity index (χ0v) is 17.5. The number of benzene rings is 1. The number of carbonyl (C=O) groups is 1. The molecular weight excluding hydrogens is 294 g/mol. The van der Waals surface area contributed by atoms with Crippen LogP contribution in [0.4, 0.5) is 0 Å². The summed E-state index contributed by atoms with van der Waals surface area (Å²) in [6.45, 7) is 15.4. The summed E-state index contributed by atoms with van der Waals surface area (Å²) in [5.74, 6) is 1.57. The summed E-state index contributed by atoms with van der Waals surface area (Å²) in [5.41, 5.74) is 5.31. The quantitative estimate of drug-likeness (QED) is 0.426. The minimum Gasteiger partial charge on any atom is -1.00 e. The molecule has 23 heavy (non-hydrogen) atoms. The fourth-order valence-electron chi connectivity index (χ4n) is 2.76. The van der Waals surface area contributed by atoms with E-state index in [0.717, 1.165) is 12.0 Å². The van der Waals surface area contributed by atoms with Gasteiger partial charge in [0.1, 0.15) is 0 Å². The summed E-state index contributed by atoms with van der Waals surface area (Å²) < 4.78 is 0. The SMILES string of the molecule is CC(P)CCC(=O)c1c(C(C)C)cc(C(C)C)cc1C(C)C.[H-].[Li+]. The smallest absolute Gasteiger partial charge is 1.00 e. The second-order valence-electron chi connectivity index (χ2n) is 7.48. The Bertz CT molecular complexity index is 495. The molecule has 1 aromatic carbocycles. The van der Waals surface area contributed by atoms with Crippen molar-refractivity contribution in [1.29, 1.82) is 0 Å². The van der Waals surface area contributed by atoms with Gasteiger partial charge < -0.3 is 1.43 Å². The van der Waals surface area contributed by atoms with Gasteiger partial charge in [0.2, 0.25) is 0 Å². The second-order valence-corrected chi connectivity index (χ2v) is 8.62. The summed E-state index contributed by atoms with van der Waals surface area (Å²) in [7, 11) is 2.79. The molecule has 3 heteroatoms. The molecule has 1 rings (SSSR count). The molecule has 0 saturated heterocycles. The second kappa shape index (κ2) is 10.0. The van der Waals surface area contributed by atoms with Crippen LogP contribution in [0.25, 0.3) is 0 Å². The van der Waals surface area contributed by atoms with Crippen LogP contribution in [0.15, 0.2) is 12.1 Å². The van der Waals surface area contributed by atoms with E-state index in [4.69, 9.17) is 0 Å². The molecule has 0 aromatic heterocycles. The molecule has 2 unspecified atom stereocenters. The third-order valence-corrected chi connectivity index (χ3v) is 4.57. The third kappa shape index (κ3) is 6.38. The van der Waals surface area contributed by atoms with Crippen LogP contribution in [-0.4, -0.2) is 11.4 Å². The summed E-state index contributed by atoms with van der Waals surface area (Å²) in [6, 6.07) is 4.52. The van der Waals surface area contributed by atoms with Crippen molar-refractivity contribution in [3.8, 4) is 0 Å². The maximum atomic E-state index is 12.9. The van der Waals surface area contributed by atoms with E-state index in [1.807, 2.05) is 0 Å². The first-order valence-electron chi connectivity index (χ1n) is 8.61. The topological polar surface area (TPSA) is 17.1 Å². The Morgan fingerprint density at radius 3 is 1.70 bits per heavy atom. The van der Waals surface area contributed by atoms with Crippen LogP contribution in [-0.2, 0) is 0 Å². The van der Waals surface area contributed by atoms with Gasteiger partial charge in [-0.05, 0) is 46.5 Å². The van der Waals surface area contributed by atoms with E-state index in [1.165, 1.54) is 16.7 Å². The number of Topliss-reactive ketones (excluding diaryl/α,β-unsaturated/α-hetero) is 1. The standard InChI is InChI=1S/C20H33OP.Li.H/c1-12(2)16-10-17(13(3)4)20(18(11-16)14(5)6)19(21)9-8-15(7)22;;/h10-15H,8-9,22H2,1-7H3;;/q;+1;-1. The summed E-state index contributed by atoms with van der Waals surface area (Å²) >= 11 is 0. The molecule has 0 bridgehead atoms. The average Bonchev–Trinajstić information content (AvgIpc) is 2.42. The zero-order chi connectivity index (χ0) is 17.0. The molecule has 1 aromatic rings. The largest absolute Gasteiger partial charge is 1.00 e. The molecule has 0 radical (unpaired) electrons. The van der Waals surface area contributed by atoms with E-state index < -0.39 is 0 Å². The molecule has 2 atom stereocenters. The first-order chi connectivity index (χ1) is 10.1.